The summed E-state index contributed by atoms with van der Waals surface area (Å²) in [5.74, 6) is 0. The average Bonchev–Trinajstić information content (AvgIpc) is 2.45. The summed E-state index contributed by atoms with van der Waals surface area (Å²) in [5, 5.41) is -0.224. The molecule has 74 valence electrons. The molecular formula is C9H9NO3S. The molecule has 0 aliphatic carbocycles. The maximum atomic E-state index is 11.1. The summed E-state index contributed by atoms with van der Waals surface area (Å²) in [6.07, 6.45) is 1.07. The van der Waals surface area contributed by atoms with Crippen LogP contribution in [-0.4, -0.2) is 19.7 Å². The van der Waals surface area contributed by atoms with Crippen LogP contribution in [0.15, 0.2) is 27.8 Å². The van der Waals surface area contributed by atoms with Gasteiger partial charge in [-0.3, -0.25) is 0 Å². The zero-order valence-electron chi connectivity index (χ0n) is 7.81. The van der Waals surface area contributed by atoms with Crippen LogP contribution >= 0.6 is 0 Å². The minimum Gasteiger partial charge on any atom is -0.428 e. The third kappa shape index (κ3) is 1.50. The summed E-state index contributed by atoms with van der Waals surface area (Å²) in [7, 11) is -3.36. The molecule has 14 heavy (non-hydrogen) atoms. The summed E-state index contributed by atoms with van der Waals surface area (Å²) in [6, 6.07) is 5.35. The molecule has 1 aromatic heterocycles. The number of nitrogens with zero attached hydrogens (tertiary/aromatic N) is 1. The zero-order chi connectivity index (χ0) is 10.3. The number of hydrogen-bond acceptors (Lipinski definition) is 4. The van der Waals surface area contributed by atoms with Crippen LogP contribution in [0.3, 0.4) is 0 Å². The van der Waals surface area contributed by atoms with Gasteiger partial charge in [0.15, 0.2) is 5.58 Å². The molecule has 0 radical (unpaired) electrons. The minimum atomic E-state index is -3.36. The number of aryl methyl sites for hydroxylation is 1. The van der Waals surface area contributed by atoms with Crippen molar-refractivity contribution in [3.05, 3.63) is 23.8 Å². The third-order valence-electron chi connectivity index (χ3n) is 1.84. The normalized spacial score (nSPS) is 12.1. The van der Waals surface area contributed by atoms with Crippen molar-refractivity contribution in [1.29, 1.82) is 0 Å². The predicted octanol–water partition coefficient (Wildman–Crippen LogP) is 1.54. The Morgan fingerprint density at radius 1 is 1.36 bits per heavy atom. The fraction of sp³-hybridized carbons (Fsp3) is 0.222. The van der Waals surface area contributed by atoms with Gasteiger partial charge in [-0.15, -0.1) is 0 Å². The Kier molecular flexibility index (Phi) is 1.85. The first-order valence-corrected chi connectivity index (χ1v) is 5.93. The second-order valence-electron chi connectivity index (χ2n) is 3.22. The Morgan fingerprint density at radius 2 is 2.07 bits per heavy atom. The van der Waals surface area contributed by atoms with Gasteiger partial charge in [-0.1, -0.05) is 6.07 Å². The van der Waals surface area contributed by atoms with Gasteiger partial charge in [-0.25, -0.2) is 8.42 Å². The van der Waals surface area contributed by atoms with E-state index in [1.54, 1.807) is 12.1 Å². The molecule has 4 nitrogen and oxygen atoms in total. The van der Waals surface area contributed by atoms with Crippen molar-refractivity contribution < 1.29 is 12.8 Å². The molecule has 5 heteroatoms. The van der Waals surface area contributed by atoms with Crippen LogP contribution in [0.5, 0.6) is 0 Å². The predicted molar refractivity (Wildman–Crippen MR) is 51.9 cm³/mol. The summed E-state index contributed by atoms with van der Waals surface area (Å²) >= 11 is 0. The van der Waals surface area contributed by atoms with Gasteiger partial charge >= 0.3 is 5.22 Å². The molecular weight excluding hydrogens is 202 g/mol. The molecule has 2 aromatic rings. The van der Waals surface area contributed by atoms with E-state index in [9.17, 15) is 8.42 Å². The van der Waals surface area contributed by atoms with Gasteiger partial charge in [0.1, 0.15) is 5.52 Å². The summed E-state index contributed by atoms with van der Waals surface area (Å²) in [6.45, 7) is 1.91. The van der Waals surface area contributed by atoms with E-state index in [4.69, 9.17) is 4.42 Å². The van der Waals surface area contributed by atoms with Crippen LogP contribution in [0.2, 0.25) is 0 Å². The van der Waals surface area contributed by atoms with Gasteiger partial charge in [0.05, 0.1) is 0 Å². The van der Waals surface area contributed by atoms with Gasteiger partial charge in [-0.05, 0) is 24.6 Å². The highest BCUT2D eigenvalue weighted by atomic mass is 32.2. The summed E-state index contributed by atoms with van der Waals surface area (Å²) < 4.78 is 27.4. The van der Waals surface area contributed by atoms with E-state index in [1.165, 1.54) is 0 Å². The van der Waals surface area contributed by atoms with Crippen LogP contribution in [0.25, 0.3) is 11.1 Å². The Morgan fingerprint density at radius 3 is 2.71 bits per heavy atom. The van der Waals surface area contributed by atoms with Gasteiger partial charge in [-0.2, -0.15) is 4.98 Å². The lowest BCUT2D eigenvalue weighted by Crippen LogP contribution is -1.96. The van der Waals surface area contributed by atoms with Crippen molar-refractivity contribution in [2.24, 2.45) is 0 Å². The van der Waals surface area contributed by atoms with Gasteiger partial charge in [0.2, 0.25) is 9.84 Å². The number of hydrogen-bond donors (Lipinski definition) is 0. The number of benzene rings is 1. The fourth-order valence-corrected chi connectivity index (χ4v) is 1.68. The largest absolute Gasteiger partial charge is 0.428 e. The van der Waals surface area contributed by atoms with E-state index in [0.29, 0.717) is 11.1 Å². The van der Waals surface area contributed by atoms with Crippen LogP contribution in [0, 0.1) is 6.92 Å². The molecule has 0 unspecified atom stereocenters. The van der Waals surface area contributed by atoms with Crippen LogP contribution < -0.4 is 0 Å². The minimum absolute atomic E-state index is 0.224. The Balaban J connectivity index is 2.75. The molecule has 0 N–H and O–H groups in total. The molecule has 2 rings (SSSR count). The first-order chi connectivity index (χ1) is 6.47. The van der Waals surface area contributed by atoms with Crippen molar-refractivity contribution in [1.82, 2.24) is 4.98 Å². The van der Waals surface area contributed by atoms with Gasteiger partial charge < -0.3 is 4.42 Å². The summed E-state index contributed by atoms with van der Waals surface area (Å²) in [4.78, 5) is 3.89. The maximum Gasteiger partial charge on any atom is 0.315 e. The van der Waals surface area contributed by atoms with Crippen molar-refractivity contribution >= 4 is 20.9 Å². The highest BCUT2D eigenvalue weighted by Gasteiger charge is 2.15. The maximum absolute atomic E-state index is 11.1. The third-order valence-corrected chi connectivity index (χ3v) is 2.65. The molecule has 0 saturated carbocycles. The number of rotatable bonds is 1. The standard InChI is InChI=1S/C9H9NO3S/c1-6-3-4-8-7(5-6)10-9(13-8)14(2,11)12/h3-5H,1-2H3. The molecule has 1 aromatic carbocycles. The quantitative estimate of drug-likeness (QED) is 0.717. The molecule has 0 bridgehead atoms. The van der Waals surface area contributed by atoms with E-state index in [1.807, 2.05) is 13.0 Å². The Labute approximate surface area is 81.5 Å². The smallest absolute Gasteiger partial charge is 0.315 e. The lowest BCUT2D eigenvalue weighted by atomic mass is 10.2. The van der Waals surface area contributed by atoms with Crippen molar-refractivity contribution in [3.8, 4) is 0 Å². The van der Waals surface area contributed by atoms with Crippen molar-refractivity contribution in [3.63, 3.8) is 0 Å². The monoisotopic (exact) mass is 211 g/mol. The van der Waals surface area contributed by atoms with Crippen LogP contribution in [0.1, 0.15) is 5.56 Å². The Hall–Kier alpha value is -1.36. The molecule has 0 fully saturated rings. The lowest BCUT2D eigenvalue weighted by molar-refractivity contribution is 0.461. The number of fused-ring (bicyclic) bond motifs is 1. The Bertz CT molecular complexity index is 583. The summed E-state index contributed by atoms with van der Waals surface area (Å²) in [5.41, 5.74) is 2.09. The topological polar surface area (TPSA) is 60.2 Å². The average molecular weight is 211 g/mol. The number of sulfone groups is 1. The SMILES string of the molecule is Cc1ccc2oc(S(C)(=O)=O)nc2c1. The molecule has 0 aliphatic rings. The zero-order valence-corrected chi connectivity index (χ0v) is 8.63. The van der Waals surface area contributed by atoms with Gasteiger partial charge in [0, 0.05) is 6.26 Å². The molecule has 0 atom stereocenters. The van der Waals surface area contributed by atoms with Crippen LogP contribution in [-0.2, 0) is 9.84 Å². The first-order valence-electron chi connectivity index (χ1n) is 4.04. The number of aromatic nitrogens is 1. The van der Waals surface area contributed by atoms with Crippen molar-refractivity contribution in [2.75, 3.05) is 6.26 Å². The molecule has 0 aliphatic heterocycles. The highest BCUT2D eigenvalue weighted by Crippen LogP contribution is 2.19. The molecule has 1 heterocycles. The van der Waals surface area contributed by atoms with E-state index in [0.717, 1.165) is 11.8 Å². The van der Waals surface area contributed by atoms with E-state index >= 15 is 0 Å². The fourth-order valence-electron chi connectivity index (χ4n) is 1.17. The lowest BCUT2D eigenvalue weighted by Gasteiger charge is -1.87. The van der Waals surface area contributed by atoms with Gasteiger partial charge in [0.25, 0.3) is 0 Å². The molecule has 0 spiro atoms. The second kappa shape index (κ2) is 2.81. The van der Waals surface area contributed by atoms with Crippen molar-refractivity contribution in [2.45, 2.75) is 12.1 Å². The van der Waals surface area contributed by atoms with E-state index in [2.05, 4.69) is 4.98 Å². The van der Waals surface area contributed by atoms with E-state index < -0.39 is 9.84 Å². The highest BCUT2D eigenvalue weighted by molar-refractivity contribution is 7.90. The second-order valence-corrected chi connectivity index (χ2v) is 5.12. The number of oxazole rings is 1. The van der Waals surface area contributed by atoms with E-state index in [-0.39, 0.29) is 5.22 Å². The first kappa shape index (κ1) is 9.21. The molecule has 0 amide bonds. The molecule has 0 saturated heterocycles. The van der Waals surface area contributed by atoms with Crippen LogP contribution in [0.4, 0.5) is 0 Å².